The highest BCUT2D eigenvalue weighted by Crippen LogP contribution is 2.36. The second-order valence-electron chi connectivity index (χ2n) is 6.07. The lowest BCUT2D eigenvalue weighted by Crippen LogP contribution is -2.40. The van der Waals surface area contributed by atoms with Crippen LogP contribution in [-0.4, -0.2) is 17.1 Å². The molecular weight excluding hydrogens is 394 g/mol. The molecule has 0 aliphatic carbocycles. The number of ether oxygens (including phenoxy) is 1. The molecule has 0 unspecified atom stereocenters. The molecule has 1 atom stereocenters. The van der Waals surface area contributed by atoms with E-state index >= 15 is 0 Å². The zero-order chi connectivity index (χ0) is 20.5. The Morgan fingerprint density at radius 1 is 1.38 bits per heavy atom. The van der Waals surface area contributed by atoms with Crippen LogP contribution in [0, 0.1) is 11.3 Å². The van der Waals surface area contributed by atoms with E-state index in [1.54, 1.807) is 37.3 Å². The highest BCUT2D eigenvalue weighted by atomic mass is 32.1. The summed E-state index contributed by atoms with van der Waals surface area (Å²) in [7, 11) is 0. The number of allylic oxidation sites excluding steroid dienone is 1. The lowest BCUT2D eigenvalue weighted by Gasteiger charge is -2.22. The van der Waals surface area contributed by atoms with Gasteiger partial charge in [-0.25, -0.2) is 4.79 Å². The summed E-state index contributed by atoms with van der Waals surface area (Å²) in [5.74, 6) is -0.726. The maximum atomic E-state index is 13.0. The molecule has 0 bridgehead atoms. The van der Waals surface area contributed by atoms with E-state index < -0.39 is 17.4 Å². The van der Waals surface area contributed by atoms with E-state index in [1.807, 2.05) is 6.07 Å². The number of fused-ring (bicyclic) bond motifs is 1. The Labute approximate surface area is 168 Å². The van der Waals surface area contributed by atoms with Crippen LogP contribution >= 0.6 is 11.3 Å². The average Bonchev–Trinajstić information content (AvgIpc) is 3.45. The molecule has 2 N–H and O–H groups in total. The predicted molar refractivity (Wildman–Crippen MR) is 105 cm³/mol. The van der Waals surface area contributed by atoms with Crippen molar-refractivity contribution < 1.29 is 18.4 Å². The number of nitrogens with zero attached hydrogens (tertiary/aromatic N) is 2. The Morgan fingerprint density at radius 2 is 2.14 bits per heavy atom. The lowest BCUT2D eigenvalue weighted by atomic mass is 9.88. The largest absolute Gasteiger partial charge is 0.468 e. The summed E-state index contributed by atoms with van der Waals surface area (Å²) in [5.41, 5.74) is 5.93. The first-order valence-electron chi connectivity index (χ1n) is 8.68. The van der Waals surface area contributed by atoms with Gasteiger partial charge in [-0.15, -0.1) is 11.3 Å². The maximum Gasteiger partial charge on any atom is 0.338 e. The summed E-state index contributed by atoms with van der Waals surface area (Å²) in [5, 5.41) is 9.76. The molecule has 1 aliphatic rings. The molecule has 0 amide bonds. The number of carbonyl (C=O) groups is 1. The van der Waals surface area contributed by atoms with Crippen LogP contribution in [0.3, 0.4) is 0 Å². The third-order valence-corrected chi connectivity index (χ3v) is 5.52. The van der Waals surface area contributed by atoms with Gasteiger partial charge in [-0.05, 0) is 31.2 Å². The number of carbonyl (C=O) groups excluding carboxylic acids is 1. The topological polar surface area (TPSA) is 124 Å². The van der Waals surface area contributed by atoms with E-state index in [1.165, 1.54) is 17.1 Å². The normalized spacial score (nSPS) is 16.6. The van der Waals surface area contributed by atoms with Crippen LogP contribution in [0.25, 0.3) is 17.5 Å². The fraction of sp³-hybridized carbons (Fsp3) is 0.150. The summed E-state index contributed by atoms with van der Waals surface area (Å²) < 4.78 is 17.7. The average molecular weight is 409 g/mol. The fourth-order valence-corrected chi connectivity index (χ4v) is 4.34. The molecular formula is C20H15N3O5S. The highest BCUT2D eigenvalue weighted by Gasteiger charge is 2.37. The van der Waals surface area contributed by atoms with E-state index in [2.05, 4.69) is 0 Å². The van der Waals surface area contributed by atoms with Crippen LogP contribution in [0.1, 0.15) is 24.4 Å². The molecule has 0 aromatic carbocycles. The van der Waals surface area contributed by atoms with Crippen LogP contribution in [0.15, 0.2) is 56.0 Å². The summed E-state index contributed by atoms with van der Waals surface area (Å²) in [6.45, 7) is 1.81. The Kier molecular flexibility index (Phi) is 4.70. The van der Waals surface area contributed by atoms with Gasteiger partial charge < -0.3 is 19.3 Å². The van der Waals surface area contributed by atoms with E-state index in [0.717, 1.165) is 11.3 Å². The van der Waals surface area contributed by atoms with Crippen molar-refractivity contribution in [3.05, 3.63) is 73.4 Å². The maximum absolute atomic E-state index is 13.0. The Bertz CT molecular complexity index is 1320. The van der Waals surface area contributed by atoms with Crippen LogP contribution < -0.4 is 20.5 Å². The van der Waals surface area contributed by atoms with Crippen molar-refractivity contribution in [3.63, 3.8) is 0 Å². The fourth-order valence-electron chi connectivity index (χ4n) is 3.20. The van der Waals surface area contributed by atoms with Gasteiger partial charge in [-0.3, -0.25) is 9.36 Å². The van der Waals surface area contributed by atoms with Crippen molar-refractivity contribution >= 4 is 34.8 Å². The van der Waals surface area contributed by atoms with Gasteiger partial charge in [0.2, 0.25) is 0 Å². The second-order valence-corrected chi connectivity index (χ2v) is 7.10. The number of hydrogen-bond acceptors (Lipinski definition) is 8. The van der Waals surface area contributed by atoms with Crippen LogP contribution in [0.4, 0.5) is 0 Å². The third-order valence-electron chi connectivity index (χ3n) is 4.41. The number of hydrogen-bond donors (Lipinski definition) is 1. The quantitative estimate of drug-likeness (QED) is 0.640. The highest BCUT2D eigenvalue weighted by molar-refractivity contribution is 7.07. The van der Waals surface area contributed by atoms with Crippen molar-refractivity contribution in [3.8, 4) is 6.07 Å². The standard InChI is InChI=1S/C20H15N3O5S/c1-2-26-20(25)16-15(13-6-4-8-28-13)12(10-21)17(22)23-18(24)14(29-19(16)23)9-11-5-3-7-27-11/h3-9,15H,2,22H2,1H3/b14-9-/t15-/m0/s1. The molecule has 0 fully saturated rings. The molecule has 8 nitrogen and oxygen atoms in total. The van der Waals surface area contributed by atoms with Crippen LogP contribution in [0.2, 0.25) is 0 Å². The first kappa shape index (κ1) is 18.6. The van der Waals surface area contributed by atoms with Crippen molar-refractivity contribution in [2.75, 3.05) is 6.61 Å². The smallest absolute Gasteiger partial charge is 0.338 e. The van der Waals surface area contributed by atoms with Gasteiger partial charge in [0.15, 0.2) is 0 Å². The predicted octanol–water partition coefficient (Wildman–Crippen LogP) is 1.09. The summed E-state index contributed by atoms with van der Waals surface area (Å²) in [6.07, 6.45) is 4.49. The number of thiazole rings is 1. The van der Waals surface area contributed by atoms with E-state index in [9.17, 15) is 14.9 Å². The van der Waals surface area contributed by atoms with Crippen molar-refractivity contribution in [1.82, 2.24) is 4.57 Å². The van der Waals surface area contributed by atoms with Gasteiger partial charge in [0.1, 0.15) is 22.0 Å². The molecule has 3 aromatic rings. The zero-order valence-electron chi connectivity index (χ0n) is 15.2. The number of aromatic nitrogens is 1. The molecule has 0 saturated heterocycles. The Balaban J connectivity index is 2.11. The molecule has 4 heterocycles. The van der Waals surface area contributed by atoms with Crippen LogP contribution in [0.5, 0.6) is 0 Å². The minimum atomic E-state index is -0.872. The number of nitriles is 1. The minimum absolute atomic E-state index is 0.0416. The van der Waals surface area contributed by atoms with Crippen molar-refractivity contribution in [1.29, 1.82) is 5.26 Å². The first-order valence-corrected chi connectivity index (χ1v) is 9.50. The van der Waals surface area contributed by atoms with Crippen molar-refractivity contribution in [2.24, 2.45) is 5.73 Å². The van der Waals surface area contributed by atoms with Crippen molar-refractivity contribution in [2.45, 2.75) is 12.8 Å². The third kappa shape index (κ3) is 2.99. The summed E-state index contributed by atoms with van der Waals surface area (Å²) in [6, 6.07) is 8.71. The lowest BCUT2D eigenvalue weighted by molar-refractivity contribution is -0.136. The molecule has 3 aromatic heterocycles. The molecule has 146 valence electrons. The SMILES string of the molecule is CCOC(=O)C1=c2s/c(=C\c3ccco3)c(=O)n2C(N)=C(C#N)[C@H]1c1ccco1. The second kappa shape index (κ2) is 7.33. The zero-order valence-corrected chi connectivity index (χ0v) is 16.1. The number of esters is 1. The van der Waals surface area contributed by atoms with E-state index in [4.69, 9.17) is 19.3 Å². The Hall–Kier alpha value is -3.77. The summed E-state index contributed by atoms with van der Waals surface area (Å²) >= 11 is 1.07. The van der Waals surface area contributed by atoms with Gasteiger partial charge in [0, 0.05) is 6.08 Å². The number of rotatable bonds is 4. The van der Waals surface area contributed by atoms with Gasteiger partial charge >= 0.3 is 5.97 Å². The molecule has 1 aliphatic heterocycles. The number of nitrogens with two attached hydrogens (primary N) is 1. The van der Waals surface area contributed by atoms with Gasteiger partial charge in [0.05, 0.1) is 46.8 Å². The van der Waals surface area contributed by atoms with E-state index in [-0.39, 0.29) is 23.6 Å². The monoisotopic (exact) mass is 409 g/mol. The molecule has 0 radical (unpaired) electrons. The van der Waals surface area contributed by atoms with Crippen LogP contribution in [-0.2, 0) is 9.53 Å². The summed E-state index contributed by atoms with van der Waals surface area (Å²) in [4.78, 5) is 25.9. The molecule has 0 saturated carbocycles. The van der Waals surface area contributed by atoms with Gasteiger partial charge in [-0.2, -0.15) is 5.26 Å². The molecule has 29 heavy (non-hydrogen) atoms. The molecule has 4 rings (SSSR count). The molecule has 9 heteroatoms. The minimum Gasteiger partial charge on any atom is -0.468 e. The Morgan fingerprint density at radius 3 is 2.76 bits per heavy atom. The van der Waals surface area contributed by atoms with E-state index in [0.29, 0.717) is 20.7 Å². The molecule has 0 spiro atoms. The van der Waals surface area contributed by atoms with Gasteiger partial charge in [0.25, 0.3) is 5.56 Å². The first-order chi connectivity index (χ1) is 14.1. The van der Waals surface area contributed by atoms with Gasteiger partial charge in [-0.1, -0.05) is 0 Å². The number of furan rings is 2.